The lowest BCUT2D eigenvalue weighted by molar-refractivity contribution is 0.0981. The molecule has 1 heterocycles. The minimum atomic E-state index is -3.16. The van der Waals surface area contributed by atoms with Crippen LogP contribution in [0.4, 0.5) is 0 Å². The molecule has 0 radical (unpaired) electrons. The van der Waals surface area contributed by atoms with E-state index in [2.05, 4.69) is 5.32 Å². The van der Waals surface area contributed by atoms with Crippen molar-refractivity contribution in [1.29, 1.82) is 0 Å². The highest BCUT2D eigenvalue weighted by atomic mass is 32.2. The van der Waals surface area contributed by atoms with Crippen LogP contribution in [0, 0.1) is 0 Å². The average Bonchev–Trinajstić information content (AvgIpc) is 2.50. The molecule has 0 aliphatic carbocycles. The van der Waals surface area contributed by atoms with Crippen LogP contribution in [0.2, 0.25) is 0 Å². The molecule has 0 saturated carbocycles. The number of hydrogen-bond acceptors (Lipinski definition) is 4. The van der Waals surface area contributed by atoms with Gasteiger partial charge in [0.05, 0.1) is 10.5 Å². The Kier molecular flexibility index (Phi) is 5.18. The first-order valence-corrected chi connectivity index (χ1v) is 8.71. The number of ether oxygens (including phenoxy) is 1. The molecule has 1 aromatic rings. The van der Waals surface area contributed by atoms with Gasteiger partial charge in [0, 0.05) is 19.3 Å². The monoisotopic (exact) mass is 297 g/mol. The summed E-state index contributed by atoms with van der Waals surface area (Å²) in [7, 11) is -1.35. The highest BCUT2D eigenvalue weighted by molar-refractivity contribution is 7.92. The van der Waals surface area contributed by atoms with Crippen LogP contribution in [0.3, 0.4) is 0 Å². The number of hydrogen-bond donors (Lipinski definition) is 1. The second-order valence-electron chi connectivity index (χ2n) is 5.28. The van der Waals surface area contributed by atoms with Gasteiger partial charge in [0.1, 0.15) is 0 Å². The quantitative estimate of drug-likeness (QED) is 0.902. The van der Waals surface area contributed by atoms with E-state index in [1.807, 2.05) is 37.4 Å². The zero-order valence-corrected chi connectivity index (χ0v) is 12.9. The molecule has 112 valence electrons. The molecule has 2 unspecified atom stereocenters. The summed E-state index contributed by atoms with van der Waals surface area (Å²) in [6, 6.07) is 9.58. The van der Waals surface area contributed by atoms with E-state index in [0.717, 1.165) is 5.56 Å². The van der Waals surface area contributed by atoms with Gasteiger partial charge in [-0.15, -0.1) is 0 Å². The molecule has 0 amide bonds. The molecule has 1 N–H and O–H groups in total. The SMILES string of the molecule is CNC(c1ccccc1)C(C)S(=O)(=O)C1CCOCC1. The molecule has 2 rings (SSSR count). The van der Waals surface area contributed by atoms with Crippen LogP contribution in [0.15, 0.2) is 30.3 Å². The highest BCUT2D eigenvalue weighted by Gasteiger charge is 2.36. The van der Waals surface area contributed by atoms with Gasteiger partial charge in [-0.3, -0.25) is 0 Å². The maximum atomic E-state index is 12.8. The maximum absolute atomic E-state index is 12.8. The summed E-state index contributed by atoms with van der Waals surface area (Å²) < 4.78 is 30.8. The Hall–Kier alpha value is -0.910. The van der Waals surface area contributed by atoms with E-state index in [9.17, 15) is 8.42 Å². The molecule has 2 atom stereocenters. The van der Waals surface area contributed by atoms with E-state index in [-0.39, 0.29) is 11.3 Å². The van der Waals surface area contributed by atoms with Crippen LogP contribution in [0.5, 0.6) is 0 Å². The lowest BCUT2D eigenvalue weighted by atomic mass is 10.0. The van der Waals surface area contributed by atoms with E-state index < -0.39 is 15.1 Å². The van der Waals surface area contributed by atoms with Gasteiger partial charge in [0.2, 0.25) is 0 Å². The number of sulfone groups is 1. The van der Waals surface area contributed by atoms with Gasteiger partial charge < -0.3 is 10.1 Å². The van der Waals surface area contributed by atoms with Crippen molar-refractivity contribution in [3.8, 4) is 0 Å². The Morgan fingerprint density at radius 3 is 2.35 bits per heavy atom. The molecule has 0 aromatic heterocycles. The van der Waals surface area contributed by atoms with Gasteiger partial charge in [-0.2, -0.15) is 0 Å². The maximum Gasteiger partial charge on any atom is 0.157 e. The zero-order valence-electron chi connectivity index (χ0n) is 12.1. The normalized spacial score (nSPS) is 20.5. The second kappa shape index (κ2) is 6.70. The predicted octanol–water partition coefficient (Wildman–Crippen LogP) is 1.93. The van der Waals surface area contributed by atoms with Crippen LogP contribution in [0.1, 0.15) is 31.4 Å². The molecule has 1 aliphatic heterocycles. The van der Waals surface area contributed by atoms with Crippen molar-refractivity contribution in [1.82, 2.24) is 5.32 Å². The molecule has 1 aromatic carbocycles. The minimum Gasteiger partial charge on any atom is -0.381 e. The van der Waals surface area contributed by atoms with Gasteiger partial charge in [-0.25, -0.2) is 8.42 Å². The standard InChI is InChI=1S/C15H23NO3S/c1-12(15(16-2)13-6-4-3-5-7-13)20(17,18)14-8-10-19-11-9-14/h3-7,12,14-16H,8-11H2,1-2H3. The first-order valence-electron chi connectivity index (χ1n) is 7.10. The molecule has 5 heteroatoms. The Morgan fingerprint density at radius 1 is 1.20 bits per heavy atom. The lowest BCUT2D eigenvalue weighted by Crippen LogP contribution is -2.41. The minimum absolute atomic E-state index is 0.177. The number of nitrogens with one attached hydrogen (secondary N) is 1. The van der Waals surface area contributed by atoms with Crippen LogP contribution in [-0.4, -0.2) is 39.2 Å². The smallest absolute Gasteiger partial charge is 0.157 e. The van der Waals surface area contributed by atoms with E-state index in [1.165, 1.54) is 0 Å². The Bertz CT molecular complexity index is 509. The largest absolute Gasteiger partial charge is 0.381 e. The Labute approximate surface area is 121 Å². The molecule has 0 bridgehead atoms. The fourth-order valence-electron chi connectivity index (χ4n) is 2.83. The van der Waals surface area contributed by atoms with Gasteiger partial charge in [0.15, 0.2) is 9.84 Å². The lowest BCUT2D eigenvalue weighted by Gasteiger charge is -2.30. The third kappa shape index (κ3) is 3.22. The topological polar surface area (TPSA) is 55.4 Å². The third-order valence-electron chi connectivity index (χ3n) is 4.09. The van der Waals surface area contributed by atoms with Gasteiger partial charge >= 0.3 is 0 Å². The van der Waals surface area contributed by atoms with Crippen molar-refractivity contribution in [2.24, 2.45) is 0 Å². The van der Waals surface area contributed by atoms with E-state index in [4.69, 9.17) is 4.74 Å². The molecular weight excluding hydrogens is 274 g/mol. The molecule has 4 nitrogen and oxygen atoms in total. The number of benzene rings is 1. The van der Waals surface area contributed by atoms with Gasteiger partial charge in [-0.1, -0.05) is 30.3 Å². The van der Waals surface area contributed by atoms with Crippen LogP contribution >= 0.6 is 0 Å². The van der Waals surface area contributed by atoms with E-state index >= 15 is 0 Å². The molecule has 1 aliphatic rings. The number of rotatable bonds is 5. The summed E-state index contributed by atoms with van der Waals surface area (Å²) >= 11 is 0. The first-order chi connectivity index (χ1) is 9.57. The molecule has 0 spiro atoms. The first kappa shape index (κ1) is 15.5. The Morgan fingerprint density at radius 2 is 1.80 bits per heavy atom. The molecule has 20 heavy (non-hydrogen) atoms. The molecule has 1 saturated heterocycles. The Balaban J connectivity index is 2.21. The summed E-state index contributed by atoms with van der Waals surface area (Å²) in [6.07, 6.45) is 1.22. The van der Waals surface area contributed by atoms with Crippen molar-refractivity contribution < 1.29 is 13.2 Å². The van der Waals surface area contributed by atoms with Crippen molar-refractivity contribution >= 4 is 9.84 Å². The van der Waals surface area contributed by atoms with Gasteiger partial charge in [-0.05, 0) is 32.4 Å². The third-order valence-corrected chi connectivity index (χ3v) is 6.80. The predicted molar refractivity (Wildman–Crippen MR) is 80.5 cm³/mol. The molecular formula is C15H23NO3S. The summed E-state index contributed by atoms with van der Waals surface area (Å²) in [4.78, 5) is 0. The fraction of sp³-hybridized carbons (Fsp3) is 0.600. The summed E-state index contributed by atoms with van der Waals surface area (Å²) in [5.41, 5.74) is 1.01. The van der Waals surface area contributed by atoms with E-state index in [1.54, 1.807) is 6.92 Å². The molecule has 1 fully saturated rings. The summed E-state index contributed by atoms with van der Waals surface area (Å²) in [6.45, 7) is 2.90. The van der Waals surface area contributed by atoms with Crippen LogP contribution < -0.4 is 5.32 Å². The summed E-state index contributed by atoms with van der Waals surface area (Å²) in [5, 5.41) is 2.43. The van der Waals surface area contributed by atoms with Crippen molar-refractivity contribution in [2.45, 2.75) is 36.3 Å². The van der Waals surface area contributed by atoms with Crippen molar-refractivity contribution in [3.05, 3.63) is 35.9 Å². The average molecular weight is 297 g/mol. The van der Waals surface area contributed by atoms with Gasteiger partial charge in [0.25, 0.3) is 0 Å². The second-order valence-corrected chi connectivity index (χ2v) is 7.87. The van der Waals surface area contributed by atoms with Crippen LogP contribution in [0.25, 0.3) is 0 Å². The fourth-order valence-corrected chi connectivity index (χ4v) is 4.96. The van der Waals surface area contributed by atoms with Crippen molar-refractivity contribution in [3.63, 3.8) is 0 Å². The highest BCUT2D eigenvalue weighted by Crippen LogP contribution is 2.28. The zero-order chi connectivity index (χ0) is 14.6. The van der Waals surface area contributed by atoms with Crippen LogP contribution in [-0.2, 0) is 14.6 Å². The van der Waals surface area contributed by atoms with Crippen molar-refractivity contribution in [2.75, 3.05) is 20.3 Å². The van der Waals surface area contributed by atoms with E-state index in [0.29, 0.717) is 26.1 Å². The summed E-state index contributed by atoms with van der Waals surface area (Å²) in [5.74, 6) is 0.